The van der Waals surface area contributed by atoms with E-state index >= 15 is 0 Å². The maximum absolute atomic E-state index is 9.15. The van der Waals surface area contributed by atoms with E-state index in [2.05, 4.69) is 31.2 Å². The molecule has 0 saturated carbocycles. The van der Waals surface area contributed by atoms with E-state index in [4.69, 9.17) is 10.8 Å². The van der Waals surface area contributed by atoms with Crippen molar-refractivity contribution < 1.29 is 5.11 Å². The molecule has 0 aliphatic heterocycles. The van der Waals surface area contributed by atoms with E-state index in [1.54, 1.807) is 0 Å². The van der Waals surface area contributed by atoms with Gasteiger partial charge in [0.15, 0.2) is 0 Å². The third kappa shape index (κ3) is 2.61. The van der Waals surface area contributed by atoms with Gasteiger partial charge in [-0.05, 0) is 34.7 Å². The van der Waals surface area contributed by atoms with Crippen LogP contribution in [0.25, 0.3) is 11.1 Å². The standard InChI is InChI=1S/C16H19NO/c1-2-12-8-9-14(16(17)11-18)10-15(12)13-6-4-3-5-7-13/h3-10,16,18H,2,11,17H2,1H3. The molecule has 2 rings (SSSR count). The van der Waals surface area contributed by atoms with Gasteiger partial charge < -0.3 is 10.8 Å². The maximum atomic E-state index is 9.15. The highest BCUT2D eigenvalue weighted by atomic mass is 16.3. The highest BCUT2D eigenvalue weighted by Crippen LogP contribution is 2.27. The maximum Gasteiger partial charge on any atom is 0.0624 e. The molecular formula is C16H19NO. The van der Waals surface area contributed by atoms with E-state index < -0.39 is 0 Å². The van der Waals surface area contributed by atoms with Gasteiger partial charge >= 0.3 is 0 Å². The topological polar surface area (TPSA) is 46.2 Å². The number of hydrogen-bond donors (Lipinski definition) is 2. The Balaban J connectivity index is 2.50. The van der Waals surface area contributed by atoms with Crippen molar-refractivity contribution in [1.82, 2.24) is 0 Å². The van der Waals surface area contributed by atoms with Crippen molar-refractivity contribution >= 4 is 0 Å². The average Bonchev–Trinajstić information content (AvgIpc) is 2.46. The quantitative estimate of drug-likeness (QED) is 0.864. The minimum Gasteiger partial charge on any atom is -0.394 e. The minimum absolute atomic E-state index is 0.0281. The summed E-state index contributed by atoms with van der Waals surface area (Å²) >= 11 is 0. The molecule has 0 aliphatic carbocycles. The van der Waals surface area contributed by atoms with Gasteiger partial charge in [0.1, 0.15) is 0 Å². The SMILES string of the molecule is CCc1ccc(C(N)CO)cc1-c1ccccc1. The second kappa shape index (κ2) is 5.80. The summed E-state index contributed by atoms with van der Waals surface area (Å²) in [5.74, 6) is 0. The van der Waals surface area contributed by atoms with Crippen molar-refractivity contribution in [2.75, 3.05) is 6.61 Å². The highest BCUT2D eigenvalue weighted by Gasteiger charge is 2.09. The van der Waals surface area contributed by atoms with E-state index in [-0.39, 0.29) is 12.6 Å². The third-order valence-electron chi connectivity index (χ3n) is 3.22. The lowest BCUT2D eigenvalue weighted by atomic mass is 9.94. The van der Waals surface area contributed by atoms with Crippen LogP contribution in [0.2, 0.25) is 0 Å². The van der Waals surface area contributed by atoms with Gasteiger partial charge in [-0.3, -0.25) is 0 Å². The Bertz CT molecular complexity index is 508. The Kier molecular flexibility index (Phi) is 4.13. The molecule has 2 aromatic rings. The second-order valence-corrected chi connectivity index (χ2v) is 4.43. The normalized spacial score (nSPS) is 12.4. The Morgan fingerprint density at radius 2 is 1.83 bits per heavy atom. The zero-order valence-corrected chi connectivity index (χ0v) is 10.6. The first kappa shape index (κ1) is 12.8. The van der Waals surface area contributed by atoms with E-state index in [0.29, 0.717) is 0 Å². The van der Waals surface area contributed by atoms with Gasteiger partial charge in [-0.2, -0.15) is 0 Å². The third-order valence-corrected chi connectivity index (χ3v) is 3.22. The van der Waals surface area contributed by atoms with Gasteiger partial charge in [-0.1, -0.05) is 49.4 Å². The number of rotatable bonds is 4. The van der Waals surface area contributed by atoms with E-state index in [1.807, 2.05) is 24.3 Å². The van der Waals surface area contributed by atoms with Crippen molar-refractivity contribution in [3.8, 4) is 11.1 Å². The molecule has 0 heterocycles. The molecule has 1 unspecified atom stereocenters. The number of aliphatic hydroxyl groups excluding tert-OH is 1. The molecule has 0 fully saturated rings. The molecule has 0 amide bonds. The summed E-state index contributed by atoms with van der Waals surface area (Å²) in [6, 6.07) is 16.2. The summed E-state index contributed by atoms with van der Waals surface area (Å²) < 4.78 is 0. The molecule has 3 N–H and O–H groups in total. The Morgan fingerprint density at radius 1 is 1.11 bits per heavy atom. The number of nitrogens with two attached hydrogens (primary N) is 1. The molecular weight excluding hydrogens is 222 g/mol. The number of hydrogen-bond acceptors (Lipinski definition) is 2. The van der Waals surface area contributed by atoms with E-state index in [0.717, 1.165) is 12.0 Å². The molecule has 0 bridgehead atoms. The molecule has 2 nitrogen and oxygen atoms in total. The molecule has 2 aromatic carbocycles. The highest BCUT2D eigenvalue weighted by molar-refractivity contribution is 5.68. The van der Waals surface area contributed by atoms with Crippen LogP contribution in [0, 0.1) is 0 Å². The molecule has 0 saturated heterocycles. The first-order valence-electron chi connectivity index (χ1n) is 6.31. The van der Waals surface area contributed by atoms with Crippen LogP contribution in [-0.2, 0) is 6.42 Å². The Morgan fingerprint density at radius 3 is 2.44 bits per heavy atom. The Hall–Kier alpha value is -1.64. The van der Waals surface area contributed by atoms with E-state index in [1.165, 1.54) is 16.7 Å². The number of aliphatic hydroxyl groups is 1. The van der Waals surface area contributed by atoms with Crippen LogP contribution in [0.5, 0.6) is 0 Å². The Labute approximate surface area is 108 Å². The van der Waals surface area contributed by atoms with Gasteiger partial charge in [-0.25, -0.2) is 0 Å². The molecule has 2 heteroatoms. The van der Waals surface area contributed by atoms with Gasteiger partial charge in [0.2, 0.25) is 0 Å². The van der Waals surface area contributed by atoms with Gasteiger partial charge in [-0.15, -0.1) is 0 Å². The fourth-order valence-electron chi connectivity index (χ4n) is 2.12. The van der Waals surface area contributed by atoms with Crippen LogP contribution in [0.15, 0.2) is 48.5 Å². The fourth-order valence-corrected chi connectivity index (χ4v) is 2.12. The molecule has 0 aromatic heterocycles. The zero-order chi connectivity index (χ0) is 13.0. The van der Waals surface area contributed by atoms with Crippen LogP contribution < -0.4 is 5.73 Å². The largest absolute Gasteiger partial charge is 0.394 e. The smallest absolute Gasteiger partial charge is 0.0624 e. The molecule has 1 atom stereocenters. The second-order valence-electron chi connectivity index (χ2n) is 4.43. The fraction of sp³-hybridized carbons (Fsp3) is 0.250. The van der Waals surface area contributed by atoms with Crippen LogP contribution in [0.1, 0.15) is 24.1 Å². The van der Waals surface area contributed by atoms with Gasteiger partial charge in [0, 0.05) is 0 Å². The monoisotopic (exact) mass is 241 g/mol. The first-order chi connectivity index (χ1) is 8.76. The number of aryl methyl sites for hydroxylation is 1. The average molecular weight is 241 g/mol. The predicted octanol–water partition coefficient (Wildman–Crippen LogP) is 2.91. The van der Waals surface area contributed by atoms with Crippen LogP contribution in [0.3, 0.4) is 0 Å². The molecule has 18 heavy (non-hydrogen) atoms. The van der Waals surface area contributed by atoms with Crippen molar-refractivity contribution in [3.63, 3.8) is 0 Å². The summed E-state index contributed by atoms with van der Waals surface area (Å²) in [5, 5.41) is 9.15. The van der Waals surface area contributed by atoms with Crippen LogP contribution >= 0.6 is 0 Å². The molecule has 0 radical (unpaired) electrons. The van der Waals surface area contributed by atoms with E-state index in [9.17, 15) is 0 Å². The molecule has 0 aliphatic rings. The van der Waals surface area contributed by atoms with Crippen molar-refractivity contribution in [2.24, 2.45) is 5.73 Å². The summed E-state index contributed by atoms with van der Waals surface area (Å²) in [7, 11) is 0. The van der Waals surface area contributed by atoms with Crippen molar-refractivity contribution in [2.45, 2.75) is 19.4 Å². The molecule has 94 valence electrons. The van der Waals surface area contributed by atoms with Gasteiger partial charge in [0.25, 0.3) is 0 Å². The van der Waals surface area contributed by atoms with Gasteiger partial charge in [0.05, 0.1) is 12.6 Å². The first-order valence-corrected chi connectivity index (χ1v) is 6.31. The van der Waals surface area contributed by atoms with Crippen LogP contribution in [-0.4, -0.2) is 11.7 Å². The van der Waals surface area contributed by atoms with Crippen LogP contribution in [0.4, 0.5) is 0 Å². The van der Waals surface area contributed by atoms with Crippen molar-refractivity contribution in [3.05, 3.63) is 59.7 Å². The summed E-state index contributed by atoms with van der Waals surface area (Å²) in [6.07, 6.45) is 0.985. The predicted molar refractivity (Wildman–Crippen MR) is 75.3 cm³/mol. The number of benzene rings is 2. The lowest BCUT2D eigenvalue weighted by molar-refractivity contribution is 0.268. The zero-order valence-electron chi connectivity index (χ0n) is 10.6. The summed E-state index contributed by atoms with van der Waals surface area (Å²) in [5.41, 5.74) is 10.6. The summed E-state index contributed by atoms with van der Waals surface area (Å²) in [6.45, 7) is 2.12. The lowest BCUT2D eigenvalue weighted by Gasteiger charge is -2.14. The lowest BCUT2D eigenvalue weighted by Crippen LogP contribution is -2.14. The molecule has 0 spiro atoms. The minimum atomic E-state index is -0.307. The summed E-state index contributed by atoms with van der Waals surface area (Å²) in [4.78, 5) is 0. The van der Waals surface area contributed by atoms with Crippen molar-refractivity contribution in [1.29, 1.82) is 0 Å².